The van der Waals surface area contributed by atoms with Gasteiger partial charge in [-0.3, -0.25) is 10.1 Å². The molecule has 2 aromatic rings. The van der Waals surface area contributed by atoms with Crippen LogP contribution in [0.25, 0.3) is 0 Å². The molecule has 1 aliphatic heterocycles. The van der Waals surface area contributed by atoms with E-state index in [2.05, 4.69) is 0 Å². The number of hydrogen-bond acceptors (Lipinski definition) is 7. The summed E-state index contributed by atoms with van der Waals surface area (Å²) in [5.41, 5.74) is -0.468. The van der Waals surface area contributed by atoms with E-state index in [9.17, 15) is 19.3 Å². The van der Waals surface area contributed by atoms with E-state index in [1.54, 1.807) is 0 Å². The van der Waals surface area contributed by atoms with Crippen molar-refractivity contribution in [3.63, 3.8) is 0 Å². The Bertz CT molecular complexity index is 853. The van der Waals surface area contributed by atoms with Crippen LogP contribution < -0.4 is 14.2 Å². The SMILES string of the molecule is COc1ccc(F)cc1COC(=O)c1cc2c(cc1[N+](=O)[O-])OCO2. The van der Waals surface area contributed by atoms with Crippen molar-refractivity contribution < 1.29 is 33.1 Å². The van der Waals surface area contributed by atoms with Crippen molar-refractivity contribution in [3.05, 3.63) is 57.4 Å². The molecule has 0 saturated heterocycles. The number of nitro groups is 1. The van der Waals surface area contributed by atoms with Crippen LogP contribution in [-0.4, -0.2) is 24.8 Å². The first-order chi connectivity index (χ1) is 12.0. The van der Waals surface area contributed by atoms with Crippen molar-refractivity contribution in [1.29, 1.82) is 0 Å². The Morgan fingerprint density at radius 2 is 2.00 bits per heavy atom. The molecule has 1 aliphatic rings. The van der Waals surface area contributed by atoms with E-state index >= 15 is 0 Å². The zero-order chi connectivity index (χ0) is 18.0. The Balaban J connectivity index is 1.84. The Morgan fingerprint density at radius 3 is 2.68 bits per heavy atom. The number of hydrogen-bond donors (Lipinski definition) is 0. The highest BCUT2D eigenvalue weighted by atomic mass is 19.1. The van der Waals surface area contributed by atoms with Gasteiger partial charge >= 0.3 is 5.97 Å². The molecular formula is C16H12FNO7. The molecule has 9 heteroatoms. The van der Waals surface area contributed by atoms with Gasteiger partial charge in [0.05, 0.1) is 18.1 Å². The number of rotatable bonds is 5. The molecule has 0 aromatic heterocycles. The molecule has 0 unspecified atom stereocenters. The summed E-state index contributed by atoms with van der Waals surface area (Å²) in [5, 5.41) is 11.2. The number of esters is 1. The molecule has 0 spiro atoms. The lowest BCUT2D eigenvalue weighted by Gasteiger charge is -2.10. The van der Waals surface area contributed by atoms with Gasteiger partial charge in [0.2, 0.25) is 6.79 Å². The van der Waals surface area contributed by atoms with E-state index < -0.39 is 22.4 Å². The minimum absolute atomic E-state index is 0.0918. The second-order valence-electron chi connectivity index (χ2n) is 5.01. The number of halogens is 1. The lowest BCUT2D eigenvalue weighted by atomic mass is 10.1. The van der Waals surface area contributed by atoms with E-state index in [0.717, 1.165) is 12.1 Å². The molecule has 0 fully saturated rings. The summed E-state index contributed by atoms with van der Waals surface area (Å²) in [7, 11) is 1.39. The van der Waals surface area contributed by atoms with Gasteiger partial charge in [-0.25, -0.2) is 9.18 Å². The summed E-state index contributed by atoms with van der Waals surface area (Å²) in [6.07, 6.45) is 0. The quantitative estimate of drug-likeness (QED) is 0.465. The Labute approximate surface area is 140 Å². The Morgan fingerprint density at radius 1 is 1.28 bits per heavy atom. The van der Waals surface area contributed by atoms with Crippen molar-refractivity contribution >= 4 is 11.7 Å². The molecule has 0 saturated carbocycles. The van der Waals surface area contributed by atoms with Gasteiger partial charge in [-0.1, -0.05) is 0 Å². The third-order valence-electron chi connectivity index (χ3n) is 3.51. The summed E-state index contributed by atoms with van der Waals surface area (Å²) in [6, 6.07) is 6.03. The number of ether oxygens (including phenoxy) is 4. The van der Waals surface area contributed by atoms with E-state index in [1.807, 2.05) is 0 Å². The predicted octanol–water partition coefficient (Wildman–Crippen LogP) is 2.83. The maximum atomic E-state index is 13.3. The average molecular weight is 349 g/mol. The van der Waals surface area contributed by atoms with Crippen molar-refractivity contribution in [2.24, 2.45) is 0 Å². The van der Waals surface area contributed by atoms with Gasteiger partial charge in [0.1, 0.15) is 23.7 Å². The topological polar surface area (TPSA) is 97.1 Å². The monoisotopic (exact) mass is 349 g/mol. The van der Waals surface area contributed by atoms with E-state index in [4.69, 9.17) is 18.9 Å². The van der Waals surface area contributed by atoms with Crippen LogP contribution in [0.5, 0.6) is 17.2 Å². The molecular weight excluding hydrogens is 337 g/mol. The highest BCUT2D eigenvalue weighted by Gasteiger charge is 2.28. The number of carbonyl (C=O) groups is 1. The van der Waals surface area contributed by atoms with Crippen LogP contribution in [-0.2, 0) is 11.3 Å². The van der Waals surface area contributed by atoms with Crippen molar-refractivity contribution in [2.45, 2.75) is 6.61 Å². The average Bonchev–Trinajstić information content (AvgIpc) is 3.06. The first-order valence-electron chi connectivity index (χ1n) is 7.07. The second kappa shape index (κ2) is 6.63. The van der Waals surface area contributed by atoms with Gasteiger partial charge in [-0.15, -0.1) is 0 Å². The number of nitrogens with zero attached hydrogens (tertiary/aromatic N) is 1. The molecule has 2 aromatic carbocycles. The third kappa shape index (κ3) is 3.30. The van der Waals surface area contributed by atoms with Crippen molar-refractivity contribution in [2.75, 3.05) is 13.9 Å². The number of carbonyl (C=O) groups excluding carboxylic acids is 1. The van der Waals surface area contributed by atoms with Gasteiger partial charge in [0.25, 0.3) is 5.69 Å². The lowest BCUT2D eigenvalue weighted by molar-refractivity contribution is -0.385. The number of nitro benzene ring substituents is 1. The minimum atomic E-state index is -0.948. The van der Waals surface area contributed by atoms with Crippen LogP contribution >= 0.6 is 0 Å². The van der Waals surface area contributed by atoms with E-state index in [-0.39, 0.29) is 30.5 Å². The highest BCUT2D eigenvalue weighted by molar-refractivity contribution is 5.95. The highest BCUT2D eigenvalue weighted by Crippen LogP contribution is 2.38. The van der Waals surface area contributed by atoms with Gasteiger partial charge in [0.15, 0.2) is 11.5 Å². The van der Waals surface area contributed by atoms with Crippen LogP contribution in [0.2, 0.25) is 0 Å². The largest absolute Gasteiger partial charge is 0.496 e. The Hall–Kier alpha value is -3.36. The molecule has 8 nitrogen and oxygen atoms in total. The van der Waals surface area contributed by atoms with Gasteiger partial charge in [-0.05, 0) is 18.2 Å². The zero-order valence-corrected chi connectivity index (χ0v) is 13.0. The predicted molar refractivity (Wildman–Crippen MR) is 81.3 cm³/mol. The fourth-order valence-electron chi connectivity index (χ4n) is 2.33. The first-order valence-corrected chi connectivity index (χ1v) is 7.07. The molecule has 0 amide bonds. The van der Waals surface area contributed by atoms with Crippen LogP contribution in [0.1, 0.15) is 15.9 Å². The molecule has 3 rings (SSSR count). The summed E-state index contributed by atoms with van der Waals surface area (Å²) >= 11 is 0. The van der Waals surface area contributed by atoms with Crippen LogP contribution in [0.3, 0.4) is 0 Å². The molecule has 25 heavy (non-hydrogen) atoms. The van der Waals surface area contributed by atoms with E-state index in [1.165, 1.54) is 25.3 Å². The summed E-state index contributed by atoms with van der Waals surface area (Å²) < 4.78 is 33.6. The van der Waals surface area contributed by atoms with Crippen LogP contribution in [0, 0.1) is 15.9 Å². The van der Waals surface area contributed by atoms with E-state index in [0.29, 0.717) is 11.3 Å². The molecule has 0 atom stereocenters. The fourth-order valence-corrected chi connectivity index (χ4v) is 2.33. The summed E-state index contributed by atoms with van der Waals surface area (Å²) in [6.45, 7) is -0.406. The smallest absolute Gasteiger partial charge is 0.345 e. The third-order valence-corrected chi connectivity index (χ3v) is 3.51. The zero-order valence-electron chi connectivity index (χ0n) is 13.0. The molecule has 0 bridgehead atoms. The fraction of sp³-hybridized carbons (Fsp3) is 0.188. The number of benzene rings is 2. The molecule has 0 radical (unpaired) electrons. The number of methoxy groups -OCH3 is 1. The maximum Gasteiger partial charge on any atom is 0.345 e. The van der Waals surface area contributed by atoms with Crippen molar-refractivity contribution in [1.82, 2.24) is 0 Å². The van der Waals surface area contributed by atoms with Crippen LogP contribution in [0.4, 0.5) is 10.1 Å². The number of fused-ring (bicyclic) bond motifs is 1. The molecule has 130 valence electrons. The summed E-state index contributed by atoms with van der Waals surface area (Å²) in [4.78, 5) is 22.7. The molecule has 0 aliphatic carbocycles. The van der Waals surface area contributed by atoms with Crippen LogP contribution in [0.15, 0.2) is 30.3 Å². The molecule has 0 N–H and O–H groups in total. The first kappa shape index (κ1) is 16.5. The minimum Gasteiger partial charge on any atom is -0.496 e. The standard InChI is InChI=1S/C16H12FNO7/c1-22-13-3-2-10(17)4-9(13)7-23-16(19)11-5-14-15(25-8-24-14)6-12(11)18(20)21/h2-6H,7-8H2,1H3. The molecule has 1 heterocycles. The second-order valence-corrected chi connectivity index (χ2v) is 5.01. The lowest BCUT2D eigenvalue weighted by Crippen LogP contribution is -2.09. The van der Waals surface area contributed by atoms with Gasteiger partial charge in [0, 0.05) is 11.6 Å². The summed E-state index contributed by atoms with van der Waals surface area (Å²) in [5.74, 6) is -0.762. The normalized spacial score (nSPS) is 11.9. The van der Waals surface area contributed by atoms with Gasteiger partial charge in [-0.2, -0.15) is 0 Å². The Kier molecular flexibility index (Phi) is 4.38. The maximum absolute atomic E-state index is 13.3. The van der Waals surface area contributed by atoms with Crippen molar-refractivity contribution in [3.8, 4) is 17.2 Å². The van der Waals surface area contributed by atoms with Gasteiger partial charge < -0.3 is 18.9 Å².